The van der Waals surface area contributed by atoms with Gasteiger partial charge >= 0.3 is 0 Å². The third kappa shape index (κ3) is 6.66. The molecule has 0 aromatic heterocycles. The van der Waals surface area contributed by atoms with Crippen LogP contribution in [0.1, 0.15) is 23.1 Å². The topological polar surface area (TPSA) is 93.1 Å². The van der Waals surface area contributed by atoms with E-state index in [1.165, 1.54) is 31.4 Å². The summed E-state index contributed by atoms with van der Waals surface area (Å²) in [5, 5.41) is 18.7. The first-order chi connectivity index (χ1) is 14.5. The van der Waals surface area contributed by atoms with Crippen LogP contribution in [0.4, 0.5) is 0 Å². The largest absolute Gasteiger partial charge is 0.508 e. The number of methoxy groups -OCH3 is 1. The van der Waals surface area contributed by atoms with Crippen molar-refractivity contribution >= 4 is 23.7 Å². The van der Waals surface area contributed by atoms with Crippen molar-refractivity contribution in [2.75, 3.05) is 13.7 Å². The second-order valence-electron chi connectivity index (χ2n) is 6.23. The minimum atomic E-state index is -0.362. The van der Waals surface area contributed by atoms with Gasteiger partial charge in [0.25, 0.3) is 0 Å². The summed E-state index contributed by atoms with van der Waals surface area (Å²) >= 11 is 0. The summed E-state index contributed by atoms with van der Waals surface area (Å²) in [6.45, 7) is -0.197. The van der Waals surface area contributed by atoms with Gasteiger partial charge in [-0.05, 0) is 47.5 Å². The van der Waals surface area contributed by atoms with Gasteiger partial charge < -0.3 is 19.7 Å². The van der Waals surface area contributed by atoms with Gasteiger partial charge in [0.1, 0.15) is 12.4 Å². The zero-order chi connectivity index (χ0) is 21.9. The maximum Gasteiger partial charge on any atom is 0.163 e. The molecule has 0 heterocycles. The molecule has 0 radical (unpaired) electrons. The Bertz CT molecular complexity index is 1010. The van der Waals surface area contributed by atoms with E-state index in [4.69, 9.17) is 21.0 Å². The molecule has 0 bridgehead atoms. The lowest BCUT2D eigenvalue weighted by Gasteiger charge is -2.09. The predicted molar refractivity (Wildman–Crippen MR) is 114 cm³/mol. The first kappa shape index (κ1) is 22.5. The number of benzene rings is 2. The minimum Gasteiger partial charge on any atom is -0.508 e. The summed E-state index contributed by atoms with van der Waals surface area (Å²) in [7, 11) is 1.50. The average molecular weight is 406 g/mol. The van der Waals surface area contributed by atoms with Gasteiger partial charge in [0.2, 0.25) is 0 Å². The third-order valence-corrected chi connectivity index (χ3v) is 4.04. The summed E-state index contributed by atoms with van der Waals surface area (Å²) in [6, 6.07) is 9.72. The lowest BCUT2D eigenvalue weighted by Crippen LogP contribution is -2.02. The highest BCUT2D eigenvalue weighted by Crippen LogP contribution is 2.28. The number of aliphatic hydroxyl groups is 1. The number of hydrogen-bond acceptors (Lipinski definition) is 6. The Morgan fingerprint density at radius 1 is 1.03 bits per heavy atom. The zero-order valence-corrected chi connectivity index (χ0v) is 16.5. The van der Waals surface area contributed by atoms with E-state index in [-0.39, 0.29) is 37.0 Å². The number of aliphatic hydroxyl groups excluding tert-OH is 1. The highest BCUT2D eigenvalue weighted by molar-refractivity contribution is 6.10. The Morgan fingerprint density at radius 2 is 1.67 bits per heavy atom. The van der Waals surface area contributed by atoms with Crippen LogP contribution in [0.2, 0.25) is 0 Å². The van der Waals surface area contributed by atoms with Crippen molar-refractivity contribution in [3.8, 4) is 29.6 Å². The van der Waals surface area contributed by atoms with Gasteiger partial charge in [0, 0.05) is 5.56 Å². The van der Waals surface area contributed by atoms with E-state index in [1.807, 2.05) is 0 Å². The number of rotatable bonds is 10. The molecular weight excluding hydrogens is 384 g/mol. The molecular formula is C24H22O6. The van der Waals surface area contributed by atoms with Crippen LogP contribution in [-0.2, 0) is 16.2 Å². The molecule has 2 aromatic rings. The number of aromatic hydroxyl groups is 1. The smallest absolute Gasteiger partial charge is 0.163 e. The first-order valence-electron chi connectivity index (χ1n) is 9.05. The van der Waals surface area contributed by atoms with Crippen LogP contribution >= 0.6 is 0 Å². The number of allylic oxidation sites excluding steroid dienone is 2. The fourth-order valence-electron chi connectivity index (χ4n) is 2.53. The van der Waals surface area contributed by atoms with E-state index in [2.05, 4.69) is 5.92 Å². The van der Waals surface area contributed by atoms with Crippen molar-refractivity contribution in [2.24, 2.45) is 0 Å². The zero-order valence-electron chi connectivity index (χ0n) is 16.5. The van der Waals surface area contributed by atoms with Crippen LogP contribution in [0.15, 0.2) is 48.6 Å². The predicted octanol–water partition coefficient (Wildman–Crippen LogP) is 3.16. The number of carbonyl (C=O) groups excluding carboxylic acids is 2. The summed E-state index contributed by atoms with van der Waals surface area (Å²) in [4.78, 5) is 24.1. The third-order valence-electron chi connectivity index (χ3n) is 4.04. The van der Waals surface area contributed by atoms with E-state index in [1.54, 1.807) is 36.4 Å². The summed E-state index contributed by atoms with van der Waals surface area (Å²) < 4.78 is 10.6. The number of terminal acetylenes is 1. The highest BCUT2D eigenvalue weighted by atomic mass is 16.5. The van der Waals surface area contributed by atoms with Crippen LogP contribution in [0.5, 0.6) is 17.2 Å². The molecule has 0 amide bonds. The van der Waals surface area contributed by atoms with Gasteiger partial charge in [-0.2, -0.15) is 0 Å². The summed E-state index contributed by atoms with van der Waals surface area (Å²) in [5.74, 6) is 2.62. The van der Waals surface area contributed by atoms with E-state index >= 15 is 0 Å². The molecule has 2 N–H and O–H groups in total. The van der Waals surface area contributed by atoms with Crippen molar-refractivity contribution in [3.05, 3.63) is 65.2 Å². The lowest BCUT2D eigenvalue weighted by molar-refractivity contribution is -0.121. The Morgan fingerprint density at radius 3 is 2.27 bits per heavy atom. The fourth-order valence-corrected chi connectivity index (χ4v) is 2.53. The Labute approximate surface area is 175 Å². The molecule has 0 spiro atoms. The maximum atomic E-state index is 12.1. The van der Waals surface area contributed by atoms with Crippen molar-refractivity contribution in [3.63, 3.8) is 0 Å². The van der Waals surface area contributed by atoms with Crippen molar-refractivity contribution in [2.45, 2.75) is 13.0 Å². The Kier molecular flexibility index (Phi) is 8.42. The molecule has 0 saturated heterocycles. The number of ether oxygens (including phenoxy) is 2. The molecule has 0 aliphatic heterocycles. The van der Waals surface area contributed by atoms with Gasteiger partial charge in [0.05, 0.1) is 20.1 Å². The van der Waals surface area contributed by atoms with Gasteiger partial charge in [-0.15, -0.1) is 6.42 Å². The second kappa shape index (κ2) is 11.2. The van der Waals surface area contributed by atoms with E-state index in [0.29, 0.717) is 28.2 Å². The molecule has 0 fully saturated rings. The molecule has 6 nitrogen and oxygen atoms in total. The molecule has 30 heavy (non-hydrogen) atoms. The molecule has 6 heteroatoms. The van der Waals surface area contributed by atoms with Crippen molar-refractivity contribution < 1.29 is 29.3 Å². The summed E-state index contributed by atoms with van der Waals surface area (Å²) in [6.07, 6.45) is 10.6. The molecule has 0 aliphatic rings. The van der Waals surface area contributed by atoms with Gasteiger partial charge in [-0.3, -0.25) is 9.59 Å². The minimum absolute atomic E-state index is 0.0198. The van der Waals surface area contributed by atoms with Crippen molar-refractivity contribution in [1.29, 1.82) is 0 Å². The number of phenols is 1. The van der Waals surface area contributed by atoms with Crippen LogP contribution in [0.3, 0.4) is 0 Å². The van der Waals surface area contributed by atoms with E-state index < -0.39 is 0 Å². The van der Waals surface area contributed by atoms with Crippen LogP contribution in [-0.4, -0.2) is 35.5 Å². The van der Waals surface area contributed by atoms with E-state index in [9.17, 15) is 14.7 Å². The molecule has 0 aliphatic carbocycles. The number of ketones is 2. The fraction of sp³-hybridized carbons (Fsp3) is 0.167. The van der Waals surface area contributed by atoms with Crippen LogP contribution in [0.25, 0.3) is 12.2 Å². The normalized spacial score (nSPS) is 10.8. The Balaban J connectivity index is 1.97. The van der Waals surface area contributed by atoms with Gasteiger partial charge in [-0.25, -0.2) is 0 Å². The van der Waals surface area contributed by atoms with Gasteiger partial charge in [-0.1, -0.05) is 30.2 Å². The van der Waals surface area contributed by atoms with E-state index in [0.717, 1.165) is 0 Å². The quantitative estimate of drug-likeness (QED) is 0.358. The molecule has 154 valence electrons. The number of hydrogen-bond donors (Lipinski definition) is 2. The monoisotopic (exact) mass is 406 g/mol. The average Bonchev–Trinajstić information content (AvgIpc) is 2.75. The van der Waals surface area contributed by atoms with Crippen LogP contribution < -0.4 is 9.47 Å². The molecule has 2 aromatic carbocycles. The van der Waals surface area contributed by atoms with Gasteiger partial charge in [0.15, 0.2) is 23.1 Å². The summed E-state index contributed by atoms with van der Waals surface area (Å²) in [5.41, 5.74) is 1.69. The lowest BCUT2D eigenvalue weighted by atomic mass is 10.1. The molecule has 0 unspecified atom stereocenters. The SMILES string of the molecule is C#CCOc1ccc(/C=C/C(=O)CC(=O)/C=C/c2ccc(O)c(CO)c2)cc1OC. The van der Waals surface area contributed by atoms with Crippen molar-refractivity contribution in [1.82, 2.24) is 0 Å². The van der Waals surface area contributed by atoms with Crippen LogP contribution in [0, 0.1) is 12.3 Å². The maximum absolute atomic E-state index is 12.1. The highest BCUT2D eigenvalue weighted by Gasteiger charge is 2.07. The number of carbonyl (C=O) groups is 2. The second-order valence-corrected chi connectivity index (χ2v) is 6.23. The molecule has 0 saturated carbocycles. The molecule has 2 rings (SSSR count). The first-order valence-corrected chi connectivity index (χ1v) is 9.05. The Hall–Kier alpha value is -3.82. The standard InChI is InChI=1S/C24H22O6/c1-3-12-30-23-11-7-18(14-24(23)29-2)5-9-21(27)15-20(26)8-4-17-6-10-22(28)19(13-17)16-25/h1,4-11,13-14,25,28H,12,15-16H2,2H3/b8-4+,9-5+. The molecule has 0 atom stereocenters.